The molecule has 188 valence electrons. The lowest BCUT2D eigenvalue weighted by Gasteiger charge is -2.45. The first-order chi connectivity index (χ1) is 17.0. The number of carbonyl (C=O) groups is 2. The van der Waals surface area contributed by atoms with Crippen LogP contribution in [0.15, 0.2) is 60.9 Å². The van der Waals surface area contributed by atoms with Gasteiger partial charge in [-0.25, -0.2) is 14.2 Å². The summed E-state index contributed by atoms with van der Waals surface area (Å²) >= 11 is 0. The SMILES string of the molecule is C[C@@H](c1ccc(-c2cncc(C(N)=O)n2)cc1)N1CCC(CC(C)(C)O)(c2ccc(F)cc2)OC1=O. The molecule has 1 fully saturated rings. The van der Waals surface area contributed by atoms with Crippen molar-refractivity contribution < 1.29 is 23.8 Å². The second-order valence-corrected chi connectivity index (χ2v) is 9.75. The molecule has 2 heterocycles. The molecular formula is C27H29FN4O4. The van der Waals surface area contributed by atoms with Crippen LogP contribution >= 0.6 is 0 Å². The molecule has 2 aromatic carbocycles. The van der Waals surface area contributed by atoms with Crippen LogP contribution in [0.5, 0.6) is 0 Å². The molecule has 3 aromatic rings. The molecule has 2 atom stereocenters. The lowest BCUT2D eigenvalue weighted by Crippen LogP contribution is -2.51. The van der Waals surface area contributed by atoms with Gasteiger partial charge in [0.2, 0.25) is 0 Å². The van der Waals surface area contributed by atoms with Gasteiger partial charge in [0.1, 0.15) is 17.1 Å². The predicted molar refractivity (Wildman–Crippen MR) is 131 cm³/mol. The van der Waals surface area contributed by atoms with Crippen molar-refractivity contribution in [3.8, 4) is 11.3 Å². The molecule has 0 bridgehead atoms. The zero-order valence-corrected chi connectivity index (χ0v) is 20.4. The van der Waals surface area contributed by atoms with Crippen LogP contribution in [0.3, 0.4) is 0 Å². The van der Waals surface area contributed by atoms with Gasteiger partial charge in [0.15, 0.2) is 0 Å². The van der Waals surface area contributed by atoms with E-state index in [2.05, 4.69) is 9.97 Å². The number of halogens is 1. The fraction of sp³-hybridized carbons (Fsp3) is 0.333. The molecule has 1 saturated heterocycles. The smallest absolute Gasteiger partial charge is 0.411 e. The van der Waals surface area contributed by atoms with Gasteiger partial charge in [-0.3, -0.25) is 9.78 Å². The van der Waals surface area contributed by atoms with Gasteiger partial charge in [0, 0.05) is 24.9 Å². The van der Waals surface area contributed by atoms with Crippen molar-refractivity contribution in [3.63, 3.8) is 0 Å². The third kappa shape index (κ3) is 5.36. The van der Waals surface area contributed by atoms with Crippen molar-refractivity contribution in [1.82, 2.24) is 14.9 Å². The molecule has 4 rings (SSSR count). The fourth-order valence-corrected chi connectivity index (χ4v) is 4.64. The Labute approximate surface area is 208 Å². The first-order valence-electron chi connectivity index (χ1n) is 11.7. The Morgan fingerprint density at radius 2 is 1.86 bits per heavy atom. The van der Waals surface area contributed by atoms with Crippen molar-refractivity contribution in [1.29, 1.82) is 0 Å². The normalized spacial score (nSPS) is 19.0. The van der Waals surface area contributed by atoms with Crippen LogP contribution in [0, 0.1) is 5.82 Å². The highest BCUT2D eigenvalue weighted by Gasteiger charge is 2.46. The van der Waals surface area contributed by atoms with Gasteiger partial charge in [-0.2, -0.15) is 0 Å². The number of ether oxygens (including phenoxy) is 1. The number of amides is 2. The summed E-state index contributed by atoms with van der Waals surface area (Å²) in [6.07, 6.45) is 2.97. The number of aliphatic hydroxyl groups is 1. The molecule has 2 amide bonds. The maximum Gasteiger partial charge on any atom is 0.411 e. The zero-order chi connectivity index (χ0) is 26.1. The van der Waals surface area contributed by atoms with E-state index in [1.165, 1.54) is 18.3 Å². The fourth-order valence-electron chi connectivity index (χ4n) is 4.64. The highest BCUT2D eigenvalue weighted by molar-refractivity contribution is 5.90. The molecule has 9 heteroatoms. The Kier molecular flexibility index (Phi) is 6.77. The van der Waals surface area contributed by atoms with E-state index in [1.54, 1.807) is 37.1 Å². The second kappa shape index (κ2) is 9.66. The minimum absolute atomic E-state index is 0.0803. The van der Waals surface area contributed by atoms with E-state index in [-0.39, 0.29) is 24.0 Å². The van der Waals surface area contributed by atoms with Gasteiger partial charge in [-0.1, -0.05) is 36.4 Å². The van der Waals surface area contributed by atoms with E-state index >= 15 is 0 Å². The average Bonchev–Trinajstić information content (AvgIpc) is 2.83. The second-order valence-electron chi connectivity index (χ2n) is 9.75. The summed E-state index contributed by atoms with van der Waals surface area (Å²) in [4.78, 5) is 34.5. The molecule has 3 N–H and O–H groups in total. The van der Waals surface area contributed by atoms with Crippen LogP contribution in [-0.2, 0) is 10.3 Å². The number of benzene rings is 2. The van der Waals surface area contributed by atoms with Crippen LogP contribution < -0.4 is 5.73 Å². The van der Waals surface area contributed by atoms with Gasteiger partial charge < -0.3 is 20.5 Å². The molecule has 1 aliphatic rings. The molecule has 1 aromatic heterocycles. The number of aromatic nitrogens is 2. The van der Waals surface area contributed by atoms with Crippen molar-refractivity contribution in [2.75, 3.05) is 6.54 Å². The zero-order valence-electron chi connectivity index (χ0n) is 20.4. The Hall–Kier alpha value is -3.85. The molecule has 36 heavy (non-hydrogen) atoms. The lowest BCUT2D eigenvalue weighted by atomic mass is 9.80. The topological polar surface area (TPSA) is 119 Å². The maximum absolute atomic E-state index is 13.5. The Bertz CT molecular complexity index is 1260. The minimum Gasteiger partial charge on any atom is -0.438 e. The molecule has 1 aliphatic heterocycles. The van der Waals surface area contributed by atoms with E-state index in [0.717, 1.165) is 11.1 Å². The molecular weight excluding hydrogens is 463 g/mol. The summed E-state index contributed by atoms with van der Waals surface area (Å²) in [5.41, 5.74) is 6.00. The van der Waals surface area contributed by atoms with Gasteiger partial charge in [-0.05, 0) is 44.0 Å². The van der Waals surface area contributed by atoms with Crippen LogP contribution in [0.2, 0.25) is 0 Å². The summed E-state index contributed by atoms with van der Waals surface area (Å²) < 4.78 is 19.5. The Morgan fingerprint density at radius 1 is 1.19 bits per heavy atom. The van der Waals surface area contributed by atoms with Crippen molar-refractivity contribution >= 4 is 12.0 Å². The number of hydrogen-bond donors (Lipinski definition) is 2. The number of hydrogen-bond acceptors (Lipinski definition) is 6. The molecule has 1 unspecified atom stereocenters. The van der Waals surface area contributed by atoms with Crippen molar-refractivity contribution in [2.45, 2.75) is 50.9 Å². The van der Waals surface area contributed by atoms with E-state index in [0.29, 0.717) is 24.2 Å². The Morgan fingerprint density at radius 3 is 2.44 bits per heavy atom. The van der Waals surface area contributed by atoms with Gasteiger partial charge >= 0.3 is 6.09 Å². The number of cyclic esters (lactones) is 1. The van der Waals surface area contributed by atoms with Gasteiger partial charge in [0.25, 0.3) is 5.91 Å². The summed E-state index contributed by atoms with van der Waals surface area (Å²) in [6, 6.07) is 13.0. The van der Waals surface area contributed by atoms with E-state index < -0.39 is 23.2 Å². The molecule has 0 spiro atoms. The molecule has 0 saturated carbocycles. The quantitative estimate of drug-likeness (QED) is 0.506. The number of primary amides is 1. The minimum atomic E-state index is -1.10. The first kappa shape index (κ1) is 25.2. The standard InChI is InChI=1S/C27H29FN4O4/c1-17(18-4-6-19(7-5-18)22-14-30-15-23(31-22)24(29)33)32-13-12-27(36-25(32)34,16-26(2,3)35)20-8-10-21(28)11-9-20/h4-11,14-15,17,35H,12-13,16H2,1-3H3,(H2,29,33)/t17-,27?/m0/s1. The number of nitrogens with zero attached hydrogens (tertiary/aromatic N) is 3. The largest absolute Gasteiger partial charge is 0.438 e. The van der Waals surface area contributed by atoms with E-state index in [9.17, 15) is 19.1 Å². The monoisotopic (exact) mass is 492 g/mol. The number of rotatable bonds is 7. The van der Waals surface area contributed by atoms with E-state index in [4.69, 9.17) is 10.5 Å². The molecule has 0 radical (unpaired) electrons. The highest BCUT2D eigenvalue weighted by atomic mass is 19.1. The highest BCUT2D eigenvalue weighted by Crippen LogP contribution is 2.42. The van der Waals surface area contributed by atoms with Crippen molar-refractivity contribution in [3.05, 3.63) is 83.6 Å². The van der Waals surface area contributed by atoms with Crippen LogP contribution in [0.4, 0.5) is 9.18 Å². The average molecular weight is 493 g/mol. The molecule has 8 nitrogen and oxygen atoms in total. The maximum atomic E-state index is 13.5. The third-order valence-corrected chi connectivity index (χ3v) is 6.41. The third-order valence-electron chi connectivity index (χ3n) is 6.41. The predicted octanol–water partition coefficient (Wildman–Crippen LogP) is 4.34. The van der Waals surface area contributed by atoms with Crippen molar-refractivity contribution in [2.24, 2.45) is 5.73 Å². The summed E-state index contributed by atoms with van der Waals surface area (Å²) in [5, 5.41) is 10.5. The first-order valence-corrected chi connectivity index (χ1v) is 11.7. The number of carbonyl (C=O) groups excluding carboxylic acids is 2. The van der Waals surface area contributed by atoms with E-state index in [1.807, 2.05) is 31.2 Å². The van der Waals surface area contributed by atoms with Gasteiger partial charge in [-0.15, -0.1) is 0 Å². The molecule has 0 aliphatic carbocycles. The van der Waals surface area contributed by atoms with Crippen LogP contribution in [-0.4, -0.2) is 44.1 Å². The summed E-state index contributed by atoms with van der Waals surface area (Å²) in [6.45, 7) is 5.62. The van der Waals surface area contributed by atoms with Gasteiger partial charge in [0.05, 0.1) is 29.7 Å². The summed E-state index contributed by atoms with van der Waals surface area (Å²) in [5.74, 6) is -1.04. The van der Waals surface area contributed by atoms with Crippen LogP contribution in [0.25, 0.3) is 11.3 Å². The number of nitrogens with two attached hydrogens (primary N) is 1. The lowest BCUT2D eigenvalue weighted by molar-refractivity contribution is -0.101. The Balaban J connectivity index is 1.54. The van der Waals surface area contributed by atoms with Crippen LogP contribution in [0.1, 0.15) is 61.3 Å². The summed E-state index contributed by atoms with van der Waals surface area (Å²) in [7, 11) is 0.